The molecule has 0 atom stereocenters. The van der Waals surface area contributed by atoms with Crippen LogP contribution in [0.5, 0.6) is 5.75 Å². The van der Waals surface area contributed by atoms with Gasteiger partial charge in [-0.3, -0.25) is 0 Å². The smallest absolute Gasteiger partial charge is 0.115 e. The van der Waals surface area contributed by atoms with Crippen molar-refractivity contribution in [1.29, 1.82) is 0 Å². The summed E-state index contributed by atoms with van der Waals surface area (Å²) in [6.45, 7) is 2.11. The van der Waals surface area contributed by atoms with Gasteiger partial charge in [-0.25, -0.2) is 0 Å². The van der Waals surface area contributed by atoms with Gasteiger partial charge in [-0.1, -0.05) is 59.8 Å². The Labute approximate surface area is 174 Å². The molecule has 3 rings (SSSR count). The van der Waals surface area contributed by atoms with Gasteiger partial charge in [0.15, 0.2) is 0 Å². The first kappa shape index (κ1) is 18.4. The Morgan fingerprint density at radius 3 is 1.50 bits per heavy atom. The topological polar surface area (TPSA) is 20.2 Å². The summed E-state index contributed by atoms with van der Waals surface area (Å²) < 4.78 is 0. The monoisotopic (exact) mass is 576 g/mol. The first-order valence-corrected chi connectivity index (χ1v) is 14.0. The zero-order valence-electron chi connectivity index (χ0n) is 12.8. The van der Waals surface area contributed by atoms with Crippen molar-refractivity contribution in [3.8, 4) is 28.0 Å². The van der Waals surface area contributed by atoms with Crippen molar-refractivity contribution < 1.29 is 5.11 Å². The highest BCUT2D eigenvalue weighted by molar-refractivity contribution is 14.2. The molecule has 0 fully saturated rings. The van der Waals surface area contributed by atoms with Gasteiger partial charge in [0, 0.05) is 63.3 Å². The molecule has 1 nitrogen and oxygen atoms in total. The van der Waals surface area contributed by atoms with Crippen LogP contribution < -0.4 is 0 Å². The molecule has 0 spiro atoms. The molecular weight excluding hydrogens is 562 g/mol. The van der Waals surface area contributed by atoms with Crippen molar-refractivity contribution in [2.75, 3.05) is 0 Å². The SMILES string of the molecule is Cc1ccc(-c2c(SI)ccc(SI)c2-c2ccc(O)cc2)cc1. The van der Waals surface area contributed by atoms with Crippen LogP contribution in [-0.4, -0.2) is 5.11 Å². The Hall–Kier alpha value is -0.380. The molecule has 0 saturated carbocycles. The Kier molecular flexibility index (Phi) is 6.39. The van der Waals surface area contributed by atoms with Crippen molar-refractivity contribution >= 4 is 60.3 Å². The quantitative estimate of drug-likeness (QED) is 0.319. The van der Waals surface area contributed by atoms with Gasteiger partial charge in [0.1, 0.15) is 5.75 Å². The maximum Gasteiger partial charge on any atom is 0.115 e. The zero-order valence-corrected chi connectivity index (χ0v) is 18.7. The molecule has 0 saturated heterocycles. The molecule has 0 aliphatic carbocycles. The third-order valence-corrected chi connectivity index (χ3v) is 7.65. The molecule has 1 N–H and O–H groups in total. The van der Waals surface area contributed by atoms with Gasteiger partial charge in [0.05, 0.1) is 0 Å². The van der Waals surface area contributed by atoms with Crippen LogP contribution in [0.1, 0.15) is 5.56 Å². The molecule has 24 heavy (non-hydrogen) atoms. The second-order valence-corrected chi connectivity index (χ2v) is 9.21. The van der Waals surface area contributed by atoms with Crippen LogP contribution in [0, 0.1) is 6.92 Å². The van der Waals surface area contributed by atoms with Crippen LogP contribution in [0.3, 0.4) is 0 Å². The van der Waals surface area contributed by atoms with E-state index in [0.717, 1.165) is 5.56 Å². The van der Waals surface area contributed by atoms with Crippen LogP contribution in [0.4, 0.5) is 0 Å². The molecule has 0 aromatic heterocycles. The number of hydrogen-bond donors (Lipinski definition) is 1. The lowest BCUT2D eigenvalue weighted by Gasteiger charge is -2.17. The number of phenolic OH excluding ortho intramolecular Hbond substituents is 1. The molecule has 0 heterocycles. The minimum absolute atomic E-state index is 0.290. The van der Waals surface area contributed by atoms with Crippen molar-refractivity contribution in [3.63, 3.8) is 0 Å². The molecule has 0 aliphatic heterocycles. The van der Waals surface area contributed by atoms with Gasteiger partial charge in [0.2, 0.25) is 0 Å². The van der Waals surface area contributed by atoms with Gasteiger partial charge in [-0.2, -0.15) is 0 Å². The summed E-state index contributed by atoms with van der Waals surface area (Å²) in [5.74, 6) is 0.290. The minimum Gasteiger partial charge on any atom is -0.508 e. The van der Waals surface area contributed by atoms with E-state index in [1.54, 1.807) is 30.0 Å². The highest BCUT2D eigenvalue weighted by Crippen LogP contribution is 2.47. The summed E-state index contributed by atoms with van der Waals surface area (Å²) in [4.78, 5) is 2.47. The van der Waals surface area contributed by atoms with Crippen molar-refractivity contribution in [3.05, 3.63) is 66.2 Å². The predicted octanol–water partition coefficient (Wildman–Crippen LogP) is 7.92. The average Bonchev–Trinajstić information content (AvgIpc) is 2.62. The van der Waals surface area contributed by atoms with E-state index in [1.165, 1.54) is 32.0 Å². The molecule has 0 aliphatic rings. The standard InChI is InChI=1S/C19H14I2OS2/c1-12-2-4-13(5-3-12)18-16(23-20)10-11-17(24-21)19(18)14-6-8-15(22)9-7-14/h2-11,22H,1H3. The molecule has 3 aromatic rings. The Morgan fingerprint density at radius 1 is 0.667 bits per heavy atom. The zero-order chi connectivity index (χ0) is 17.1. The summed E-state index contributed by atoms with van der Waals surface area (Å²) >= 11 is 4.68. The van der Waals surface area contributed by atoms with Crippen molar-refractivity contribution in [2.24, 2.45) is 0 Å². The summed E-state index contributed by atoms with van der Waals surface area (Å²) in [5.41, 5.74) is 6.07. The summed E-state index contributed by atoms with van der Waals surface area (Å²) in [7, 11) is 3.46. The Balaban J connectivity index is 2.32. The lowest BCUT2D eigenvalue weighted by atomic mass is 9.94. The maximum absolute atomic E-state index is 9.64. The fourth-order valence-corrected chi connectivity index (χ4v) is 5.65. The van der Waals surface area contributed by atoms with E-state index in [-0.39, 0.29) is 0 Å². The van der Waals surface area contributed by atoms with E-state index < -0.39 is 0 Å². The van der Waals surface area contributed by atoms with Crippen LogP contribution >= 0.6 is 60.3 Å². The number of phenols is 1. The van der Waals surface area contributed by atoms with Gasteiger partial charge in [-0.05, 0) is 42.3 Å². The highest BCUT2D eigenvalue weighted by Gasteiger charge is 2.17. The summed E-state index contributed by atoms with van der Waals surface area (Å²) in [5, 5.41) is 9.64. The number of rotatable bonds is 4. The van der Waals surface area contributed by atoms with E-state index in [0.29, 0.717) is 5.75 Å². The summed E-state index contributed by atoms with van der Waals surface area (Å²) in [6.07, 6.45) is 0. The van der Waals surface area contributed by atoms with Crippen LogP contribution in [0.25, 0.3) is 22.3 Å². The molecule has 0 bridgehead atoms. The third-order valence-electron chi connectivity index (χ3n) is 3.79. The molecule has 5 heteroatoms. The van der Waals surface area contributed by atoms with E-state index in [4.69, 9.17) is 0 Å². The summed E-state index contributed by atoms with van der Waals surface area (Å²) in [6, 6.07) is 20.5. The second kappa shape index (κ2) is 8.33. The van der Waals surface area contributed by atoms with Gasteiger partial charge in [-0.15, -0.1) is 0 Å². The largest absolute Gasteiger partial charge is 0.508 e. The number of benzene rings is 3. The van der Waals surface area contributed by atoms with Crippen LogP contribution in [-0.2, 0) is 0 Å². The van der Waals surface area contributed by atoms with E-state index in [2.05, 4.69) is 85.7 Å². The average molecular weight is 576 g/mol. The molecule has 0 radical (unpaired) electrons. The Bertz CT molecular complexity index is 774. The number of hydrogen-bond acceptors (Lipinski definition) is 3. The lowest BCUT2D eigenvalue weighted by molar-refractivity contribution is 0.475. The number of halogens is 2. The van der Waals surface area contributed by atoms with Gasteiger partial charge < -0.3 is 5.11 Å². The van der Waals surface area contributed by atoms with E-state index in [9.17, 15) is 5.11 Å². The highest BCUT2D eigenvalue weighted by atomic mass is 127. The molecule has 3 aromatic carbocycles. The van der Waals surface area contributed by atoms with E-state index in [1.807, 2.05) is 12.1 Å². The number of aryl methyl sites for hydroxylation is 1. The van der Waals surface area contributed by atoms with Crippen LogP contribution in [0.2, 0.25) is 0 Å². The second-order valence-electron chi connectivity index (χ2n) is 5.38. The molecule has 122 valence electrons. The molecule has 0 amide bonds. The van der Waals surface area contributed by atoms with Crippen molar-refractivity contribution in [2.45, 2.75) is 16.7 Å². The Morgan fingerprint density at radius 2 is 1.08 bits per heavy atom. The number of aromatic hydroxyl groups is 1. The fraction of sp³-hybridized carbons (Fsp3) is 0.0526. The van der Waals surface area contributed by atoms with Crippen LogP contribution in [0.15, 0.2) is 70.5 Å². The molecular formula is C19H14I2OS2. The fourth-order valence-electron chi connectivity index (χ4n) is 2.61. The first-order valence-electron chi connectivity index (χ1n) is 7.24. The van der Waals surface area contributed by atoms with Crippen molar-refractivity contribution in [1.82, 2.24) is 0 Å². The lowest BCUT2D eigenvalue weighted by Crippen LogP contribution is -1.91. The molecule has 0 unspecified atom stereocenters. The first-order chi connectivity index (χ1) is 11.6. The van der Waals surface area contributed by atoms with Gasteiger partial charge >= 0.3 is 0 Å². The maximum atomic E-state index is 9.64. The minimum atomic E-state index is 0.290. The van der Waals surface area contributed by atoms with Gasteiger partial charge in [0.25, 0.3) is 0 Å². The predicted molar refractivity (Wildman–Crippen MR) is 123 cm³/mol. The normalized spacial score (nSPS) is 10.8. The van der Waals surface area contributed by atoms with E-state index >= 15 is 0 Å². The third kappa shape index (κ3) is 3.89.